The molecule has 104 valence electrons. The summed E-state index contributed by atoms with van der Waals surface area (Å²) in [6.45, 7) is 0.0858. The van der Waals surface area contributed by atoms with Gasteiger partial charge in [0.05, 0.1) is 23.3 Å². The van der Waals surface area contributed by atoms with Gasteiger partial charge in [0.15, 0.2) is 0 Å². The van der Waals surface area contributed by atoms with Gasteiger partial charge in [-0.15, -0.1) is 0 Å². The van der Waals surface area contributed by atoms with Crippen molar-refractivity contribution in [2.45, 2.75) is 13.0 Å². The molecule has 7 heteroatoms. The first-order valence-corrected chi connectivity index (χ1v) is 6.33. The minimum absolute atomic E-state index is 0.0525. The van der Waals surface area contributed by atoms with E-state index in [2.05, 4.69) is 5.32 Å². The predicted molar refractivity (Wildman–Crippen MR) is 69.8 cm³/mol. The van der Waals surface area contributed by atoms with Crippen LogP contribution in [-0.2, 0) is 16.1 Å². The number of fused-ring (bicyclic) bond motifs is 1. The molecule has 2 amide bonds. The van der Waals surface area contributed by atoms with Crippen LogP contribution < -0.4 is 5.32 Å². The third-order valence-electron chi connectivity index (χ3n) is 3.85. The van der Waals surface area contributed by atoms with Gasteiger partial charge in [-0.25, -0.2) is 0 Å². The second-order valence-corrected chi connectivity index (χ2v) is 5.06. The van der Waals surface area contributed by atoms with Gasteiger partial charge in [0.25, 0.3) is 5.69 Å². The number of hydrogen-bond acceptors (Lipinski definition) is 5. The summed E-state index contributed by atoms with van der Waals surface area (Å²) < 4.78 is 0. The van der Waals surface area contributed by atoms with Gasteiger partial charge in [-0.2, -0.15) is 0 Å². The Morgan fingerprint density at radius 1 is 1.35 bits per heavy atom. The predicted octanol–water partition coefficient (Wildman–Crippen LogP) is 1.14. The summed E-state index contributed by atoms with van der Waals surface area (Å²) in [4.78, 5) is 35.4. The van der Waals surface area contributed by atoms with Crippen molar-refractivity contribution in [3.8, 4) is 0 Å². The number of amides is 2. The van der Waals surface area contributed by atoms with E-state index in [4.69, 9.17) is 0 Å². The lowest BCUT2D eigenvalue weighted by atomic mass is 10.1. The Kier molecular flexibility index (Phi) is 2.70. The number of carbonyl (C=O) groups is 2. The van der Waals surface area contributed by atoms with Crippen molar-refractivity contribution >= 4 is 23.2 Å². The molecule has 1 aromatic carbocycles. The molecule has 2 fully saturated rings. The zero-order valence-electron chi connectivity index (χ0n) is 10.8. The van der Waals surface area contributed by atoms with E-state index >= 15 is 0 Å². The average Bonchev–Trinajstić information content (AvgIpc) is 3.19. The third kappa shape index (κ3) is 1.82. The number of rotatable bonds is 4. The van der Waals surface area contributed by atoms with Gasteiger partial charge in [0, 0.05) is 30.4 Å². The molecule has 0 bridgehead atoms. The SMILES string of the molecule is CNc1ccc([N+](=O)[O-])cc1CN1C(=O)C2CC2C1=O. The number of nitrogens with zero attached hydrogens (tertiary/aromatic N) is 2. The molecule has 1 aliphatic carbocycles. The Morgan fingerprint density at radius 3 is 2.55 bits per heavy atom. The first-order valence-electron chi connectivity index (χ1n) is 6.33. The number of nitro groups is 1. The van der Waals surface area contributed by atoms with Crippen LogP contribution in [0.5, 0.6) is 0 Å². The number of carbonyl (C=O) groups excluding carboxylic acids is 2. The lowest BCUT2D eigenvalue weighted by molar-refractivity contribution is -0.384. The molecule has 0 spiro atoms. The van der Waals surface area contributed by atoms with Crippen LogP contribution in [0, 0.1) is 22.0 Å². The average molecular weight is 275 g/mol. The van der Waals surface area contributed by atoms with Crippen LogP contribution >= 0.6 is 0 Å². The number of likely N-dealkylation sites (tertiary alicyclic amines) is 1. The lowest BCUT2D eigenvalue weighted by Gasteiger charge is -2.18. The maximum absolute atomic E-state index is 11.9. The van der Waals surface area contributed by atoms with Gasteiger partial charge in [-0.3, -0.25) is 24.6 Å². The zero-order chi connectivity index (χ0) is 14.4. The molecule has 20 heavy (non-hydrogen) atoms. The van der Waals surface area contributed by atoms with Gasteiger partial charge in [0.1, 0.15) is 0 Å². The highest BCUT2D eigenvalue weighted by Gasteiger charge is 2.58. The molecule has 1 aliphatic heterocycles. The van der Waals surface area contributed by atoms with Crippen LogP contribution in [0.15, 0.2) is 18.2 Å². The van der Waals surface area contributed by atoms with Gasteiger partial charge in [0.2, 0.25) is 11.8 Å². The number of nitrogens with one attached hydrogen (secondary N) is 1. The highest BCUT2D eigenvalue weighted by Crippen LogP contribution is 2.47. The van der Waals surface area contributed by atoms with Crippen molar-refractivity contribution in [2.24, 2.45) is 11.8 Å². The number of non-ortho nitro benzene ring substituents is 1. The van der Waals surface area contributed by atoms with Crippen LogP contribution in [-0.4, -0.2) is 28.7 Å². The molecule has 7 nitrogen and oxygen atoms in total. The second-order valence-electron chi connectivity index (χ2n) is 5.06. The molecular formula is C13H13N3O4. The molecule has 3 rings (SSSR count). The number of benzene rings is 1. The van der Waals surface area contributed by atoms with Gasteiger partial charge in [-0.05, 0) is 12.5 Å². The van der Waals surface area contributed by atoms with Crippen molar-refractivity contribution in [3.63, 3.8) is 0 Å². The number of hydrogen-bond donors (Lipinski definition) is 1. The maximum Gasteiger partial charge on any atom is 0.269 e. The summed E-state index contributed by atoms with van der Waals surface area (Å²) in [6.07, 6.45) is 0.655. The number of nitro benzene ring substituents is 1. The van der Waals surface area contributed by atoms with Crippen molar-refractivity contribution < 1.29 is 14.5 Å². The van der Waals surface area contributed by atoms with Crippen LogP contribution in [0.2, 0.25) is 0 Å². The Labute approximate surface area is 114 Å². The van der Waals surface area contributed by atoms with Crippen molar-refractivity contribution in [2.75, 3.05) is 12.4 Å². The van der Waals surface area contributed by atoms with Gasteiger partial charge in [-0.1, -0.05) is 0 Å². The minimum Gasteiger partial charge on any atom is -0.388 e. The van der Waals surface area contributed by atoms with Gasteiger partial charge < -0.3 is 5.32 Å². The van der Waals surface area contributed by atoms with Crippen molar-refractivity contribution in [1.82, 2.24) is 4.90 Å². The molecule has 1 aromatic rings. The Bertz CT molecular complexity index is 608. The molecule has 2 unspecified atom stereocenters. The topological polar surface area (TPSA) is 92.6 Å². The van der Waals surface area contributed by atoms with E-state index in [1.165, 1.54) is 17.0 Å². The summed E-state index contributed by atoms with van der Waals surface area (Å²) in [5, 5.41) is 13.7. The van der Waals surface area contributed by atoms with Crippen LogP contribution in [0.1, 0.15) is 12.0 Å². The quantitative estimate of drug-likeness (QED) is 0.505. The molecular weight excluding hydrogens is 262 g/mol. The van der Waals surface area contributed by atoms with E-state index in [1.54, 1.807) is 13.1 Å². The van der Waals surface area contributed by atoms with Crippen molar-refractivity contribution in [1.29, 1.82) is 0 Å². The second kappa shape index (κ2) is 4.29. The lowest BCUT2D eigenvalue weighted by Crippen LogP contribution is -2.32. The fourth-order valence-electron chi connectivity index (χ4n) is 2.64. The molecule has 1 N–H and O–H groups in total. The molecule has 0 radical (unpaired) electrons. The van der Waals surface area contributed by atoms with E-state index in [9.17, 15) is 19.7 Å². The van der Waals surface area contributed by atoms with Crippen LogP contribution in [0.3, 0.4) is 0 Å². The summed E-state index contributed by atoms with van der Waals surface area (Å²) in [5.41, 5.74) is 1.20. The van der Waals surface area contributed by atoms with Crippen LogP contribution in [0.25, 0.3) is 0 Å². The largest absolute Gasteiger partial charge is 0.388 e. The third-order valence-corrected chi connectivity index (χ3v) is 3.85. The van der Waals surface area contributed by atoms with E-state index in [-0.39, 0.29) is 35.9 Å². The number of imide groups is 1. The van der Waals surface area contributed by atoms with E-state index in [1.807, 2.05) is 0 Å². The van der Waals surface area contributed by atoms with Gasteiger partial charge >= 0.3 is 0 Å². The molecule has 2 atom stereocenters. The number of anilines is 1. The highest BCUT2D eigenvalue weighted by atomic mass is 16.6. The van der Waals surface area contributed by atoms with Crippen molar-refractivity contribution in [3.05, 3.63) is 33.9 Å². The highest BCUT2D eigenvalue weighted by molar-refractivity contribution is 6.08. The Balaban J connectivity index is 1.89. The monoisotopic (exact) mass is 275 g/mol. The van der Waals surface area contributed by atoms with E-state index in [0.29, 0.717) is 17.7 Å². The molecule has 2 aliphatic rings. The molecule has 1 heterocycles. The Hall–Kier alpha value is -2.44. The molecule has 1 saturated carbocycles. The first-order chi connectivity index (χ1) is 9.52. The van der Waals surface area contributed by atoms with E-state index in [0.717, 1.165) is 0 Å². The normalized spacial score (nSPS) is 23.8. The zero-order valence-corrected chi connectivity index (χ0v) is 10.8. The standard InChI is InChI=1S/C13H13N3O4/c1-14-11-3-2-8(16(19)20)4-7(11)6-15-12(17)9-5-10(9)13(15)18/h2-4,9-10,14H,5-6H2,1H3. The number of piperidine rings is 1. The summed E-state index contributed by atoms with van der Waals surface area (Å²) >= 11 is 0. The van der Waals surface area contributed by atoms with E-state index < -0.39 is 4.92 Å². The fraction of sp³-hybridized carbons (Fsp3) is 0.385. The maximum atomic E-state index is 11.9. The Morgan fingerprint density at radius 2 is 2.00 bits per heavy atom. The summed E-state index contributed by atoms with van der Waals surface area (Å²) in [7, 11) is 1.69. The first kappa shape index (κ1) is 12.6. The van der Waals surface area contributed by atoms with Crippen LogP contribution in [0.4, 0.5) is 11.4 Å². The smallest absolute Gasteiger partial charge is 0.269 e. The molecule has 0 aromatic heterocycles. The molecule has 1 saturated heterocycles. The fourth-order valence-corrected chi connectivity index (χ4v) is 2.64. The summed E-state index contributed by atoms with van der Waals surface area (Å²) in [6, 6.07) is 4.37. The summed E-state index contributed by atoms with van der Waals surface area (Å²) in [5.74, 6) is -0.624. The minimum atomic E-state index is -0.492.